The van der Waals surface area contributed by atoms with Crippen LogP contribution in [-0.2, 0) is 0 Å². The van der Waals surface area contributed by atoms with Crippen molar-refractivity contribution in [1.29, 1.82) is 0 Å². The molecular formula is C11H14INO. The molecule has 0 bridgehead atoms. The van der Waals surface area contributed by atoms with Gasteiger partial charge in [0.05, 0.1) is 0 Å². The summed E-state index contributed by atoms with van der Waals surface area (Å²) in [4.78, 5) is 11.6. The van der Waals surface area contributed by atoms with Crippen molar-refractivity contribution in [3.05, 3.63) is 33.4 Å². The van der Waals surface area contributed by atoms with Crippen molar-refractivity contribution < 1.29 is 4.79 Å². The summed E-state index contributed by atoms with van der Waals surface area (Å²) in [6.45, 7) is 2.87. The van der Waals surface area contributed by atoms with Crippen LogP contribution in [0.4, 0.5) is 0 Å². The van der Waals surface area contributed by atoms with Gasteiger partial charge in [-0.25, -0.2) is 0 Å². The molecule has 0 saturated heterocycles. The number of carbonyl (C=O) groups excluding carboxylic acids is 1. The zero-order valence-corrected chi connectivity index (χ0v) is 10.4. The van der Waals surface area contributed by atoms with Gasteiger partial charge in [-0.05, 0) is 47.2 Å². The summed E-state index contributed by atoms with van der Waals surface area (Å²) in [5, 5.41) is 2.88. The molecular weight excluding hydrogens is 289 g/mol. The van der Waals surface area contributed by atoms with Crippen LogP contribution in [0.2, 0.25) is 0 Å². The van der Waals surface area contributed by atoms with E-state index in [0.717, 1.165) is 28.5 Å². The Hall–Kier alpha value is -0.580. The molecule has 1 aromatic rings. The fraction of sp³-hybridized carbons (Fsp3) is 0.364. The van der Waals surface area contributed by atoms with Crippen LogP contribution in [0.5, 0.6) is 0 Å². The molecule has 1 aromatic carbocycles. The Kier molecular flexibility index (Phi) is 4.93. The minimum atomic E-state index is 0.0250. The zero-order chi connectivity index (χ0) is 10.4. The molecule has 0 aliphatic heterocycles. The standard InChI is InChI=1S/C11H14INO/c1-2-3-7-13-11(14)9-5-4-6-10(12)8-9/h4-6,8H,2-3,7H2,1H3,(H,13,14). The largest absolute Gasteiger partial charge is 0.352 e. The highest BCUT2D eigenvalue weighted by molar-refractivity contribution is 14.1. The summed E-state index contributed by atoms with van der Waals surface area (Å²) < 4.78 is 1.09. The third-order valence-corrected chi connectivity index (χ3v) is 2.57. The molecule has 1 rings (SSSR count). The van der Waals surface area contributed by atoms with Gasteiger partial charge in [-0.15, -0.1) is 0 Å². The van der Waals surface area contributed by atoms with Crippen LogP contribution in [0.15, 0.2) is 24.3 Å². The van der Waals surface area contributed by atoms with Gasteiger partial charge in [0.25, 0.3) is 5.91 Å². The van der Waals surface area contributed by atoms with Gasteiger partial charge in [0.1, 0.15) is 0 Å². The van der Waals surface area contributed by atoms with E-state index in [1.807, 2.05) is 24.3 Å². The average Bonchev–Trinajstić information content (AvgIpc) is 2.18. The number of unbranched alkanes of at least 4 members (excludes halogenated alkanes) is 1. The van der Waals surface area contributed by atoms with E-state index in [1.54, 1.807) is 0 Å². The monoisotopic (exact) mass is 303 g/mol. The van der Waals surface area contributed by atoms with Crippen molar-refractivity contribution >= 4 is 28.5 Å². The van der Waals surface area contributed by atoms with E-state index in [0.29, 0.717) is 0 Å². The number of hydrogen-bond acceptors (Lipinski definition) is 1. The maximum atomic E-state index is 11.6. The maximum Gasteiger partial charge on any atom is 0.251 e. The van der Waals surface area contributed by atoms with Crippen LogP contribution in [0.25, 0.3) is 0 Å². The maximum absolute atomic E-state index is 11.6. The predicted molar refractivity (Wildman–Crippen MR) is 66.4 cm³/mol. The smallest absolute Gasteiger partial charge is 0.251 e. The van der Waals surface area contributed by atoms with Crippen LogP contribution < -0.4 is 5.32 Å². The van der Waals surface area contributed by atoms with E-state index in [4.69, 9.17) is 0 Å². The van der Waals surface area contributed by atoms with Crippen LogP contribution in [0.1, 0.15) is 30.1 Å². The Morgan fingerprint density at radius 3 is 2.93 bits per heavy atom. The topological polar surface area (TPSA) is 29.1 Å². The van der Waals surface area contributed by atoms with E-state index in [1.165, 1.54) is 0 Å². The molecule has 0 atom stereocenters. The lowest BCUT2D eigenvalue weighted by molar-refractivity contribution is 0.0953. The number of hydrogen-bond donors (Lipinski definition) is 1. The van der Waals surface area contributed by atoms with Crippen molar-refractivity contribution in [1.82, 2.24) is 5.32 Å². The normalized spacial score (nSPS) is 9.86. The summed E-state index contributed by atoms with van der Waals surface area (Å²) in [6, 6.07) is 7.60. The molecule has 1 N–H and O–H groups in total. The van der Waals surface area contributed by atoms with Crippen molar-refractivity contribution in [3.8, 4) is 0 Å². The summed E-state index contributed by atoms with van der Waals surface area (Å²) in [5.74, 6) is 0.0250. The van der Waals surface area contributed by atoms with E-state index < -0.39 is 0 Å². The molecule has 3 heteroatoms. The number of benzene rings is 1. The van der Waals surface area contributed by atoms with Gasteiger partial charge in [0.2, 0.25) is 0 Å². The van der Waals surface area contributed by atoms with Gasteiger partial charge in [0.15, 0.2) is 0 Å². The third kappa shape index (κ3) is 3.65. The van der Waals surface area contributed by atoms with Crippen LogP contribution >= 0.6 is 22.6 Å². The van der Waals surface area contributed by atoms with E-state index in [-0.39, 0.29) is 5.91 Å². The highest BCUT2D eigenvalue weighted by atomic mass is 127. The van der Waals surface area contributed by atoms with Crippen molar-refractivity contribution in [2.75, 3.05) is 6.54 Å². The summed E-state index contributed by atoms with van der Waals surface area (Å²) in [7, 11) is 0. The first kappa shape index (κ1) is 11.5. The first-order valence-electron chi connectivity index (χ1n) is 4.78. The molecule has 0 heterocycles. The average molecular weight is 303 g/mol. The molecule has 0 fully saturated rings. The Bertz CT molecular complexity index is 312. The van der Waals surface area contributed by atoms with Gasteiger partial charge in [-0.1, -0.05) is 19.4 Å². The fourth-order valence-electron chi connectivity index (χ4n) is 1.11. The quantitative estimate of drug-likeness (QED) is 0.672. The van der Waals surface area contributed by atoms with E-state index >= 15 is 0 Å². The Morgan fingerprint density at radius 2 is 2.29 bits per heavy atom. The van der Waals surface area contributed by atoms with Crippen molar-refractivity contribution in [2.24, 2.45) is 0 Å². The molecule has 0 aromatic heterocycles. The minimum absolute atomic E-state index is 0.0250. The van der Waals surface area contributed by atoms with Gasteiger partial charge >= 0.3 is 0 Å². The van der Waals surface area contributed by atoms with Crippen molar-refractivity contribution in [3.63, 3.8) is 0 Å². The number of carbonyl (C=O) groups is 1. The molecule has 2 nitrogen and oxygen atoms in total. The van der Waals surface area contributed by atoms with E-state index in [2.05, 4.69) is 34.8 Å². The second kappa shape index (κ2) is 6.01. The highest BCUT2D eigenvalue weighted by Crippen LogP contribution is 2.07. The number of halogens is 1. The Morgan fingerprint density at radius 1 is 1.50 bits per heavy atom. The van der Waals surface area contributed by atoms with Crippen LogP contribution in [0.3, 0.4) is 0 Å². The van der Waals surface area contributed by atoms with Crippen molar-refractivity contribution in [2.45, 2.75) is 19.8 Å². The molecule has 0 unspecified atom stereocenters. The van der Waals surface area contributed by atoms with Gasteiger partial charge in [-0.2, -0.15) is 0 Å². The number of amides is 1. The molecule has 0 saturated carbocycles. The minimum Gasteiger partial charge on any atom is -0.352 e. The lowest BCUT2D eigenvalue weighted by Gasteiger charge is -2.04. The third-order valence-electron chi connectivity index (χ3n) is 1.90. The molecule has 1 amide bonds. The lowest BCUT2D eigenvalue weighted by Crippen LogP contribution is -2.24. The van der Waals surface area contributed by atoms with Gasteiger partial charge < -0.3 is 5.32 Å². The molecule has 76 valence electrons. The summed E-state index contributed by atoms with van der Waals surface area (Å²) in [6.07, 6.45) is 2.14. The number of nitrogens with one attached hydrogen (secondary N) is 1. The number of rotatable bonds is 4. The Labute approximate surface area is 98.2 Å². The van der Waals surface area contributed by atoms with E-state index in [9.17, 15) is 4.79 Å². The van der Waals surface area contributed by atoms with Crippen LogP contribution in [-0.4, -0.2) is 12.5 Å². The van der Waals surface area contributed by atoms with Crippen LogP contribution in [0, 0.1) is 3.57 Å². The molecule has 14 heavy (non-hydrogen) atoms. The SMILES string of the molecule is CCCCNC(=O)c1cccc(I)c1. The first-order valence-corrected chi connectivity index (χ1v) is 5.85. The summed E-state index contributed by atoms with van der Waals surface area (Å²) >= 11 is 2.20. The molecule has 0 spiro atoms. The molecule has 0 radical (unpaired) electrons. The second-order valence-corrected chi connectivity index (χ2v) is 4.37. The first-order chi connectivity index (χ1) is 6.74. The fourth-order valence-corrected chi connectivity index (χ4v) is 1.65. The predicted octanol–water partition coefficient (Wildman–Crippen LogP) is 2.82. The van der Waals surface area contributed by atoms with Gasteiger partial charge in [-0.3, -0.25) is 4.79 Å². The summed E-state index contributed by atoms with van der Waals surface area (Å²) in [5.41, 5.74) is 0.744. The zero-order valence-electron chi connectivity index (χ0n) is 8.22. The second-order valence-electron chi connectivity index (χ2n) is 3.12. The molecule has 0 aliphatic carbocycles. The lowest BCUT2D eigenvalue weighted by atomic mass is 10.2. The van der Waals surface area contributed by atoms with Gasteiger partial charge in [0, 0.05) is 15.7 Å². The Balaban J connectivity index is 2.52. The molecule has 0 aliphatic rings. The highest BCUT2D eigenvalue weighted by Gasteiger charge is 2.03.